The number of ketones is 2. The predicted molar refractivity (Wildman–Crippen MR) is 79.7 cm³/mol. The van der Waals surface area contributed by atoms with E-state index in [9.17, 15) is 19.4 Å². The van der Waals surface area contributed by atoms with Crippen molar-refractivity contribution in [2.24, 2.45) is 5.73 Å². The third-order valence-electron chi connectivity index (χ3n) is 3.55. The SMILES string of the molecule is CC(=O)c1cccc2c1OB(O)[C@@H](CC(=O)CNC(N)=O)C2. The van der Waals surface area contributed by atoms with Crippen molar-refractivity contribution in [3.63, 3.8) is 0 Å². The second kappa shape index (κ2) is 6.61. The molecule has 1 aliphatic heterocycles. The lowest BCUT2D eigenvalue weighted by Gasteiger charge is -2.28. The summed E-state index contributed by atoms with van der Waals surface area (Å²) < 4.78 is 5.43. The van der Waals surface area contributed by atoms with Crippen LogP contribution in [0.1, 0.15) is 29.3 Å². The fraction of sp³-hybridized carbons (Fsp3) is 0.357. The van der Waals surface area contributed by atoms with Crippen LogP contribution in [-0.4, -0.2) is 36.3 Å². The van der Waals surface area contributed by atoms with Gasteiger partial charge in [-0.3, -0.25) is 9.59 Å². The Kier molecular flexibility index (Phi) is 4.82. The highest BCUT2D eigenvalue weighted by Gasteiger charge is 2.37. The number of carbonyl (C=O) groups is 3. The molecule has 7 nitrogen and oxygen atoms in total. The quantitative estimate of drug-likeness (QED) is 0.534. The van der Waals surface area contributed by atoms with E-state index in [2.05, 4.69) is 5.32 Å². The molecule has 8 heteroatoms. The van der Waals surface area contributed by atoms with Gasteiger partial charge in [-0.1, -0.05) is 12.1 Å². The van der Waals surface area contributed by atoms with Gasteiger partial charge in [0.05, 0.1) is 12.1 Å². The maximum atomic E-state index is 11.8. The molecule has 1 heterocycles. The molecule has 2 amide bonds. The Bertz CT molecular complexity index is 619. The van der Waals surface area contributed by atoms with E-state index in [-0.39, 0.29) is 24.5 Å². The van der Waals surface area contributed by atoms with Crippen molar-refractivity contribution in [2.45, 2.75) is 25.6 Å². The lowest BCUT2D eigenvalue weighted by molar-refractivity contribution is -0.118. The summed E-state index contributed by atoms with van der Waals surface area (Å²) >= 11 is 0. The molecule has 1 aromatic carbocycles. The number of amides is 2. The summed E-state index contributed by atoms with van der Waals surface area (Å²) in [6.07, 6.45) is 0.463. The molecule has 2 rings (SSSR count). The van der Waals surface area contributed by atoms with E-state index in [1.54, 1.807) is 18.2 Å². The number of primary amides is 1. The van der Waals surface area contributed by atoms with Gasteiger partial charge in [-0.05, 0) is 25.0 Å². The molecular formula is C14H17BN2O5. The normalized spacial score (nSPS) is 16.5. The van der Waals surface area contributed by atoms with Crippen LogP contribution < -0.4 is 15.7 Å². The Labute approximate surface area is 128 Å². The van der Waals surface area contributed by atoms with Crippen molar-refractivity contribution in [3.8, 4) is 5.75 Å². The van der Waals surface area contributed by atoms with Crippen LogP contribution in [-0.2, 0) is 11.2 Å². The van der Waals surface area contributed by atoms with Crippen LogP contribution in [0.4, 0.5) is 4.79 Å². The minimum Gasteiger partial charge on any atom is -0.535 e. The number of fused-ring (bicyclic) bond motifs is 1. The van der Waals surface area contributed by atoms with Gasteiger partial charge >= 0.3 is 13.1 Å². The van der Waals surface area contributed by atoms with Crippen molar-refractivity contribution >= 4 is 24.7 Å². The summed E-state index contributed by atoms with van der Waals surface area (Å²) in [7, 11) is -1.18. The molecule has 116 valence electrons. The zero-order valence-corrected chi connectivity index (χ0v) is 12.2. The van der Waals surface area contributed by atoms with Crippen LogP contribution in [0.15, 0.2) is 18.2 Å². The van der Waals surface area contributed by atoms with Gasteiger partial charge in [-0.2, -0.15) is 0 Å². The van der Waals surface area contributed by atoms with Gasteiger partial charge in [0.2, 0.25) is 0 Å². The summed E-state index contributed by atoms with van der Waals surface area (Å²) in [6, 6.07) is 4.40. The third-order valence-corrected chi connectivity index (χ3v) is 3.55. The van der Waals surface area contributed by atoms with Crippen LogP contribution >= 0.6 is 0 Å². The summed E-state index contributed by atoms with van der Waals surface area (Å²) in [6.45, 7) is 1.25. The lowest BCUT2D eigenvalue weighted by atomic mass is 9.64. The van der Waals surface area contributed by atoms with Gasteiger partial charge in [-0.15, -0.1) is 0 Å². The van der Waals surface area contributed by atoms with Crippen LogP contribution in [0.3, 0.4) is 0 Å². The molecule has 1 atom stereocenters. The molecule has 0 radical (unpaired) electrons. The zero-order valence-electron chi connectivity index (χ0n) is 12.2. The van der Waals surface area contributed by atoms with Gasteiger partial charge in [0.15, 0.2) is 11.6 Å². The van der Waals surface area contributed by atoms with Gasteiger partial charge in [0.1, 0.15) is 5.75 Å². The highest BCUT2D eigenvalue weighted by molar-refractivity contribution is 6.47. The number of hydrogen-bond acceptors (Lipinski definition) is 5. The summed E-state index contributed by atoms with van der Waals surface area (Å²) in [5.74, 6) is -0.458. The van der Waals surface area contributed by atoms with E-state index in [4.69, 9.17) is 10.4 Å². The van der Waals surface area contributed by atoms with Crippen LogP contribution in [0.25, 0.3) is 0 Å². The smallest absolute Gasteiger partial charge is 0.526 e. The number of para-hydroxylation sites is 1. The standard InChI is InChI=1S/C14H17BN2O5/c1-8(18)12-4-2-3-9-5-10(15(21)22-13(9)12)6-11(19)7-17-14(16)20/h2-4,10,21H,5-7H2,1H3,(H3,16,17,20)/t10-/m1/s1. The van der Waals surface area contributed by atoms with Crippen LogP contribution in [0, 0.1) is 0 Å². The number of nitrogens with two attached hydrogens (primary N) is 1. The first-order valence-electron chi connectivity index (χ1n) is 6.91. The van der Waals surface area contributed by atoms with E-state index in [1.807, 2.05) is 0 Å². The van der Waals surface area contributed by atoms with E-state index in [0.29, 0.717) is 17.7 Å². The van der Waals surface area contributed by atoms with E-state index in [0.717, 1.165) is 5.56 Å². The second-order valence-corrected chi connectivity index (χ2v) is 5.28. The monoisotopic (exact) mass is 304 g/mol. The molecule has 0 saturated carbocycles. The van der Waals surface area contributed by atoms with Crippen molar-refractivity contribution in [2.75, 3.05) is 6.54 Å². The average molecular weight is 304 g/mol. The molecule has 0 saturated heterocycles. The number of Topliss-reactive ketones (excluding diaryl/α,β-unsaturated/α-hetero) is 2. The van der Waals surface area contributed by atoms with E-state index in [1.165, 1.54) is 6.92 Å². The summed E-state index contributed by atoms with van der Waals surface area (Å²) in [4.78, 5) is 33.9. The van der Waals surface area contributed by atoms with Gasteiger partial charge in [-0.25, -0.2) is 4.79 Å². The zero-order chi connectivity index (χ0) is 16.3. The van der Waals surface area contributed by atoms with Crippen molar-refractivity contribution in [1.82, 2.24) is 5.32 Å². The van der Waals surface area contributed by atoms with E-state index < -0.39 is 19.0 Å². The highest BCUT2D eigenvalue weighted by Crippen LogP contribution is 2.36. The van der Waals surface area contributed by atoms with Gasteiger partial charge in [0.25, 0.3) is 0 Å². The number of benzene rings is 1. The van der Waals surface area contributed by atoms with Crippen LogP contribution in [0.2, 0.25) is 5.82 Å². The summed E-state index contributed by atoms with van der Waals surface area (Å²) in [5, 5.41) is 12.3. The Hall–Kier alpha value is -2.35. The second-order valence-electron chi connectivity index (χ2n) is 5.28. The molecular weight excluding hydrogens is 287 g/mol. The molecule has 0 fully saturated rings. The molecule has 0 aliphatic carbocycles. The largest absolute Gasteiger partial charge is 0.535 e. The minimum absolute atomic E-state index is 0.0468. The molecule has 0 aromatic heterocycles. The van der Waals surface area contributed by atoms with E-state index >= 15 is 0 Å². The van der Waals surface area contributed by atoms with Gasteiger partial charge < -0.3 is 20.7 Å². The molecule has 22 heavy (non-hydrogen) atoms. The topological polar surface area (TPSA) is 119 Å². The Morgan fingerprint density at radius 1 is 1.45 bits per heavy atom. The first-order chi connectivity index (χ1) is 10.4. The maximum absolute atomic E-state index is 11.8. The molecule has 0 spiro atoms. The minimum atomic E-state index is -1.18. The third kappa shape index (κ3) is 3.64. The molecule has 1 aromatic rings. The number of carbonyl (C=O) groups excluding carboxylic acids is 3. The number of nitrogens with one attached hydrogen (secondary N) is 1. The number of rotatable bonds is 5. The highest BCUT2D eigenvalue weighted by atomic mass is 16.5. The van der Waals surface area contributed by atoms with Crippen molar-refractivity contribution < 1.29 is 24.1 Å². The predicted octanol–water partition coefficient (Wildman–Crippen LogP) is 0.302. The van der Waals surface area contributed by atoms with Gasteiger partial charge in [0, 0.05) is 12.2 Å². The van der Waals surface area contributed by atoms with Crippen molar-refractivity contribution in [1.29, 1.82) is 0 Å². The molecule has 0 bridgehead atoms. The fourth-order valence-electron chi connectivity index (χ4n) is 2.49. The fourth-order valence-corrected chi connectivity index (χ4v) is 2.49. The summed E-state index contributed by atoms with van der Waals surface area (Å²) in [5.41, 5.74) is 6.09. The number of urea groups is 1. The number of hydrogen-bond donors (Lipinski definition) is 3. The average Bonchev–Trinajstić information content (AvgIpc) is 2.45. The first-order valence-corrected chi connectivity index (χ1v) is 6.91. The van der Waals surface area contributed by atoms with Crippen molar-refractivity contribution in [3.05, 3.63) is 29.3 Å². The Morgan fingerprint density at radius 3 is 2.82 bits per heavy atom. The Balaban J connectivity index is 2.09. The molecule has 4 N–H and O–H groups in total. The Morgan fingerprint density at radius 2 is 2.18 bits per heavy atom. The maximum Gasteiger partial charge on any atom is 0.526 e. The van der Waals surface area contributed by atoms with Crippen LogP contribution in [0.5, 0.6) is 5.75 Å². The molecule has 1 aliphatic rings. The molecule has 0 unspecified atom stereocenters. The first kappa shape index (κ1) is 16.0. The lowest BCUT2D eigenvalue weighted by Crippen LogP contribution is -2.38.